The first-order chi connectivity index (χ1) is 5.65. The highest BCUT2D eigenvalue weighted by atomic mass is 32.1. The molecule has 0 aromatic carbocycles. The SMILES string of the molecule is CCC(=O)c1cnc(C(C)C)s1. The van der Waals surface area contributed by atoms with Crippen molar-refractivity contribution in [2.24, 2.45) is 0 Å². The molecular formula is C9H13NOS. The summed E-state index contributed by atoms with van der Waals surface area (Å²) in [4.78, 5) is 16.2. The van der Waals surface area contributed by atoms with Crippen molar-refractivity contribution in [1.82, 2.24) is 4.98 Å². The number of Topliss-reactive ketones (excluding diaryl/α,β-unsaturated/α-hetero) is 1. The zero-order chi connectivity index (χ0) is 9.14. The Hall–Kier alpha value is -0.700. The van der Waals surface area contributed by atoms with Gasteiger partial charge in [-0.05, 0) is 0 Å². The number of nitrogens with zero attached hydrogens (tertiary/aromatic N) is 1. The van der Waals surface area contributed by atoms with Crippen molar-refractivity contribution in [2.45, 2.75) is 33.1 Å². The predicted octanol–water partition coefficient (Wildman–Crippen LogP) is 2.86. The van der Waals surface area contributed by atoms with Crippen LogP contribution in [-0.4, -0.2) is 10.8 Å². The van der Waals surface area contributed by atoms with Crippen LogP contribution in [0.4, 0.5) is 0 Å². The van der Waals surface area contributed by atoms with Crippen LogP contribution in [0.1, 0.15) is 47.8 Å². The second-order valence-corrected chi connectivity index (χ2v) is 4.06. The molecule has 1 aromatic heterocycles. The van der Waals surface area contributed by atoms with Crippen LogP contribution in [0.25, 0.3) is 0 Å². The highest BCUT2D eigenvalue weighted by Crippen LogP contribution is 2.21. The van der Waals surface area contributed by atoms with Crippen LogP contribution in [0, 0.1) is 0 Å². The molecule has 66 valence electrons. The molecule has 0 amide bonds. The summed E-state index contributed by atoms with van der Waals surface area (Å²) in [5.74, 6) is 0.618. The van der Waals surface area contributed by atoms with Crippen LogP contribution < -0.4 is 0 Å². The summed E-state index contributed by atoms with van der Waals surface area (Å²) in [6.07, 6.45) is 2.26. The van der Waals surface area contributed by atoms with E-state index in [0.717, 1.165) is 9.88 Å². The summed E-state index contributed by atoms with van der Waals surface area (Å²) in [6.45, 7) is 6.04. The van der Waals surface area contributed by atoms with E-state index in [2.05, 4.69) is 18.8 Å². The van der Waals surface area contributed by atoms with E-state index in [1.165, 1.54) is 11.3 Å². The number of rotatable bonds is 3. The van der Waals surface area contributed by atoms with Crippen LogP contribution >= 0.6 is 11.3 Å². The largest absolute Gasteiger partial charge is 0.293 e. The van der Waals surface area contributed by atoms with Crippen molar-refractivity contribution in [1.29, 1.82) is 0 Å². The number of hydrogen-bond acceptors (Lipinski definition) is 3. The van der Waals surface area contributed by atoms with E-state index < -0.39 is 0 Å². The number of carbonyl (C=O) groups is 1. The number of carbonyl (C=O) groups excluding carboxylic acids is 1. The minimum atomic E-state index is 0.194. The zero-order valence-electron chi connectivity index (χ0n) is 7.63. The smallest absolute Gasteiger partial charge is 0.174 e. The highest BCUT2D eigenvalue weighted by Gasteiger charge is 2.09. The monoisotopic (exact) mass is 183 g/mol. The molecule has 1 heterocycles. The van der Waals surface area contributed by atoms with Crippen LogP contribution in [-0.2, 0) is 0 Å². The molecule has 0 N–H and O–H groups in total. The minimum Gasteiger partial charge on any atom is -0.293 e. The molecule has 1 aromatic rings. The molecule has 0 aliphatic heterocycles. The van der Waals surface area contributed by atoms with Crippen molar-refractivity contribution < 1.29 is 4.79 Å². The fourth-order valence-corrected chi connectivity index (χ4v) is 1.79. The lowest BCUT2D eigenvalue weighted by atomic mass is 10.2. The fraction of sp³-hybridized carbons (Fsp3) is 0.556. The van der Waals surface area contributed by atoms with E-state index in [4.69, 9.17) is 0 Å². The Morgan fingerprint density at radius 3 is 2.75 bits per heavy atom. The highest BCUT2D eigenvalue weighted by molar-refractivity contribution is 7.13. The molecule has 0 saturated carbocycles. The van der Waals surface area contributed by atoms with E-state index in [1.807, 2.05) is 6.92 Å². The molecule has 0 fully saturated rings. The van der Waals surface area contributed by atoms with Gasteiger partial charge in [-0.15, -0.1) is 11.3 Å². The lowest BCUT2D eigenvalue weighted by molar-refractivity contribution is 0.0992. The molecule has 0 aliphatic rings. The van der Waals surface area contributed by atoms with Crippen LogP contribution in [0.5, 0.6) is 0 Å². The van der Waals surface area contributed by atoms with Gasteiger partial charge >= 0.3 is 0 Å². The molecule has 2 nitrogen and oxygen atoms in total. The third-order valence-electron chi connectivity index (χ3n) is 1.61. The molecule has 0 radical (unpaired) electrons. The Labute approximate surface area is 76.6 Å². The van der Waals surface area contributed by atoms with Crippen LogP contribution in [0.3, 0.4) is 0 Å². The van der Waals surface area contributed by atoms with E-state index in [-0.39, 0.29) is 5.78 Å². The Balaban J connectivity index is 2.84. The maximum Gasteiger partial charge on any atom is 0.174 e. The maximum atomic E-state index is 11.2. The van der Waals surface area contributed by atoms with Crippen molar-refractivity contribution in [3.05, 3.63) is 16.1 Å². The summed E-state index contributed by atoms with van der Waals surface area (Å²) in [5, 5.41) is 1.05. The quantitative estimate of drug-likeness (QED) is 0.674. The van der Waals surface area contributed by atoms with E-state index >= 15 is 0 Å². The molecule has 0 atom stereocenters. The summed E-state index contributed by atoms with van der Waals surface area (Å²) in [6, 6.07) is 0. The average molecular weight is 183 g/mol. The van der Waals surface area contributed by atoms with E-state index in [0.29, 0.717) is 12.3 Å². The molecule has 0 saturated heterocycles. The average Bonchev–Trinajstić information content (AvgIpc) is 2.51. The first-order valence-electron chi connectivity index (χ1n) is 4.14. The van der Waals surface area contributed by atoms with E-state index in [1.54, 1.807) is 6.20 Å². The minimum absolute atomic E-state index is 0.194. The summed E-state index contributed by atoms with van der Waals surface area (Å²) < 4.78 is 0. The molecule has 1 rings (SSSR count). The number of ketones is 1. The third-order valence-corrected chi connectivity index (χ3v) is 2.95. The van der Waals surface area contributed by atoms with Gasteiger partial charge in [0.15, 0.2) is 5.78 Å². The number of hydrogen-bond donors (Lipinski definition) is 0. The summed E-state index contributed by atoms with van der Waals surface area (Å²) in [5.41, 5.74) is 0. The lowest BCUT2D eigenvalue weighted by Crippen LogP contribution is -1.90. The Morgan fingerprint density at radius 2 is 2.33 bits per heavy atom. The topological polar surface area (TPSA) is 30.0 Å². The van der Waals surface area contributed by atoms with Crippen molar-refractivity contribution in [3.63, 3.8) is 0 Å². The van der Waals surface area contributed by atoms with Gasteiger partial charge in [-0.25, -0.2) is 4.98 Å². The zero-order valence-corrected chi connectivity index (χ0v) is 8.44. The fourth-order valence-electron chi connectivity index (χ4n) is 0.858. The standard InChI is InChI=1S/C9H13NOS/c1-4-7(11)8-5-10-9(12-8)6(2)3/h5-6H,4H2,1-3H3. The van der Waals surface area contributed by atoms with Crippen molar-refractivity contribution in [2.75, 3.05) is 0 Å². The van der Waals surface area contributed by atoms with E-state index in [9.17, 15) is 4.79 Å². The first-order valence-corrected chi connectivity index (χ1v) is 4.95. The Morgan fingerprint density at radius 1 is 1.67 bits per heavy atom. The van der Waals surface area contributed by atoms with Crippen LogP contribution in [0.15, 0.2) is 6.20 Å². The lowest BCUT2D eigenvalue weighted by Gasteiger charge is -1.95. The van der Waals surface area contributed by atoms with Gasteiger partial charge in [0.25, 0.3) is 0 Å². The van der Waals surface area contributed by atoms with Gasteiger partial charge in [0.05, 0.1) is 9.88 Å². The van der Waals surface area contributed by atoms with Crippen molar-refractivity contribution >= 4 is 17.1 Å². The molecular weight excluding hydrogens is 170 g/mol. The second-order valence-electron chi connectivity index (χ2n) is 2.99. The normalized spacial score (nSPS) is 10.7. The van der Waals surface area contributed by atoms with Crippen LogP contribution in [0.2, 0.25) is 0 Å². The van der Waals surface area contributed by atoms with Gasteiger partial charge in [-0.2, -0.15) is 0 Å². The predicted molar refractivity (Wildman–Crippen MR) is 50.8 cm³/mol. The molecule has 0 aliphatic carbocycles. The summed E-state index contributed by atoms with van der Waals surface area (Å²) in [7, 11) is 0. The van der Waals surface area contributed by atoms with Gasteiger partial charge in [0.1, 0.15) is 0 Å². The Bertz CT molecular complexity index is 278. The molecule has 0 bridgehead atoms. The molecule has 0 unspecified atom stereocenters. The summed E-state index contributed by atoms with van der Waals surface area (Å²) >= 11 is 1.51. The first kappa shape index (κ1) is 9.39. The molecule has 0 spiro atoms. The second kappa shape index (κ2) is 3.81. The Kier molecular flexibility index (Phi) is 2.98. The maximum absolute atomic E-state index is 11.2. The van der Waals surface area contributed by atoms with Gasteiger partial charge in [-0.3, -0.25) is 4.79 Å². The van der Waals surface area contributed by atoms with Gasteiger partial charge < -0.3 is 0 Å². The molecule has 3 heteroatoms. The third kappa shape index (κ3) is 1.91. The van der Waals surface area contributed by atoms with Gasteiger partial charge in [-0.1, -0.05) is 20.8 Å². The van der Waals surface area contributed by atoms with Gasteiger partial charge in [0, 0.05) is 18.5 Å². The number of thiazole rings is 1. The number of aromatic nitrogens is 1. The van der Waals surface area contributed by atoms with Gasteiger partial charge in [0.2, 0.25) is 0 Å². The molecule has 12 heavy (non-hydrogen) atoms. The van der Waals surface area contributed by atoms with Crippen molar-refractivity contribution in [3.8, 4) is 0 Å².